The van der Waals surface area contributed by atoms with Crippen LogP contribution in [0.4, 0.5) is 0 Å². The first-order valence-corrected chi connectivity index (χ1v) is 35.2. The minimum Gasteiger partial charge on any atom is -0.466 e. The molecular weight excluding hydrogens is 959 g/mol. The van der Waals surface area contributed by atoms with E-state index in [-0.39, 0.29) is 18.5 Å². The van der Waals surface area contributed by atoms with Gasteiger partial charge in [-0.2, -0.15) is 0 Å². The fourth-order valence-electron chi connectivity index (χ4n) is 11.0. The highest BCUT2D eigenvalue weighted by Crippen LogP contribution is 2.18. The molecule has 0 heterocycles. The topological polar surface area (TPSA) is 95.9 Å². The van der Waals surface area contributed by atoms with Crippen molar-refractivity contribution in [2.45, 2.75) is 398 Å². The third-order valence-electron chi connectivity index (χ3n) is 16.4. The molecule has 0 bridgehead atoms. The van der Waals surface area contributed by atoms with Gasteiger partial charge in [0.05, 0.1) is 25.4 Å². The summed E-state index contributed by atoms with van der Waals surface area (Å²) in [6, 6.07) is -0.551. The van der Waals surface area contributed by atoms with Gasteiger partial charge in [-0.15, -0.1) is 0 Å². The lowest BCUT2D eigenvalue weighted by Crippen LogP contribution is -2.45. The summed E-state index contributed by atoms with van der Waals surface area (Å²) in [5.74, 6) is -0.0375. The normalized spacial score (nSPS) is 12.7. The van der Waals surface area contributed by atoms with E-state index in [2.05, 4.69) is 55.6 Å². The Morgan fingerprint density at radius 2 is 0.641 bits per heavy atom. The van der Waals surface area contributed by atoms with E-state index in [1.54, 1.807) is 0 Å². The highest BCUT2D eigenvalue weighted by Gasteiger charge is 2.20. The van der Waals surface area contributed by atoms with Gasteiger partial charge in [0.1, 0.15) is 0 Å². The first-order valence-electron chi connectivity index (χ1n) is 35.2. The minimum atomic E-state index is -0.673. The summed E-state index contributed by atoms with van der Waals surface area (Å²) in [5.41, 5.74) is 0. The van der Waals surface area contributed by atoms with Gasteiger partial charge in [0.15, 0.2) is 0 Å². The number of amides is 1. The van der Waals surface area contributed by atoms with Crippen molar-refractivity contribution in [3.63, 3.8) is 0 Å². The number of hydrogen-bond donors (Lipinski definition) is 3. The number of esters is 1. The molecule has 0 saturated heterocycles. The molecule has 0 radical (unpaired) electrons. The van der Waals surface area contributed by atoms with Crippen molar-refractivity contribution in [1.82, 2.24) is 5.32 Å². The number of ether oxygens (including phenoxy) is 1. The standard InChI is InChI=1S/C72H137NO5/c1-3-5-7-9-11-13-15-17-19-21-22-26-29-33-36-40-44-48-52-56-60-64-70(75)69(68-74)73-71(76)65-61-57-53-49-45-41-37-34-30-27-24-23-25-28-31-35-39-43-47-51-55-59-63-67-78-72(77)66-62-58-54-50-46-42-38-32-20-18-16-14-12-10-8-6-4-2/h18,20,23,25,27,30,69-70,74-75H,3-17,19,21-22,24,26,28-29,31-68H2,1-2H3,(H,73,76)/b20-18-,25-23-,30-27-. The Labute approximate surface area is 487 Å². The monoisotopic (exact) mass is 1100 g/mol. The summed E-state index contributed by atoms with van der Waals surface area (Å²) in [6.07, 6.45) is 86.1. The van der Waals surface area contributed by atoms with Crippen LogP contribution in [0.5, 0.6) is 0 Å². The van der Waals surface area contributed by atoms with Crippen LogP contribution in [0.15, 0.2) is 36.5 Å². The van der Waals surface area contributed by atoms with Crippen LogP contribution in [0.2, 0.25) is 0 Å². The maximum Gasteiger partial charge on any atom is 0.305 e. The van der Waals surface area contributed by atoms with Crippen molar-refractivity contribution >= 4 is 11.9 Å². The molecule has 0 saturated carbocycles. The SMILES string of the molecule is CCCCCCCC/C=C\CCCCCCCCCC(=O)OCCCCCCCCCCC/C=C\C/C=C\CCCCCCCCCC(=O)NC(CO)C(O)CCCCCCCCCCCCCCCCCCCCCCC. The molecule has 1 amide bonds. The highest BCUT2D eigenvalue weighted by molar-refractivity contribution is 5.76. The molecule has 2 atom stereocenters. The van der Waals surface area contributed by atoms with E-state index < -0.39 is 12.1 Å². The van der Waals surface area contributed by atoms with Crippen molar-refractivity contribution < 1.29 is 24.5 Å². The number of nitrogens with one attached hydrogen (secondary N) is 1. The quantitative estimate of drug-likeness (QED) is 0.0320. The van der Waals surface area contributed by atoms with E-state index in [1.807, 2.05) is 0 Å². The molecule has 0 aromatic heterocycles. The number of rotatable bonds is 66. The maximum absolute atomic E-state index is 12.5. The van der Waals surface area contributed by atoms with Gasteiger partial charge in [-0.05, 0) is 83.5 Å². The van der Waals surface area contributed by atoms with Crippen molar-refractivity contribution in [3.8, 4) is 0 Å². The minimum absolute atomic E-state index is 0.00438. The molecular formula is C72H137NO5. The first kappa shape index (κ1) is 76.1. The maximum atomic E-state index is 12.5. The molecule has 0 aliphatic heterocycles. The van der Waals surface area contributed by atoms with Crippen LogP contribution in [0.1, 0.15) is 386 Å². The number of aliphatic hydroxyl groups excluding tert-OH is 2. The number of hydrogen-bond acceptors (Lipinski definition) is 5. The molecule has 0 fully saturated rings. The number of carbonyl (C=O) groups is 2. The van der Waals surface area contributed by atoms with Gasteiger partial charge in [0.25, 0.3) is 0 Å². The fourth-order valence-corrected chi connectivity index (χ4v) is 11.0. The molecule has 0 aliphatic carbocycles. The Morgan fingerprint density at radius 3 is 0.987 bits per heavy atom. The lowest BCUT2D eigenvalue weighted by Gasteiger charge is -2.22. The summed E-state index contributed by atoms with van der Waals surface area (Å²) >= 11 is 0. The largest absolute Gasteiger partial charge is 0.466 e. The van der Waals surface area contributed by atoms with Crippen LogP contribution in [0.3, 0.4) is 0 Å². The van der Waals surface area contributed by atoms with Gasteiger partial charge < -0.3 is 20.3 Å². The van der Waals surface area contributed by atoms with Gasteiger partial charge in [-0.25, -0.2) is 0 Å². The van der Waals surface area contributed by atoms with Gasteiger partial charge in [-0.3, -0.25) is 9.59 Å². The summed E-state index contributed by atoms with van der Waals surface area (Å²) in [5, 5.41) is 23.4. The molecule has 0 aromatic carbocycles. The van der Waals surface area contributed by atoms with E-state index in [0.717, 1.165) is 57.8 Å². The van der Waals surface area contributed by atoms with E-state index in [1.165, 1.54) is 295 Å². The van der Waals surface area contributed by atoms with Gasteiger partial charge >= 0.3 is 5.97 Å². The molecule has 0 aliphatic rings. The Balaban J connectivity index is 3.44. The van der Waals surface area contributed by atoms with Crippen molar-refractivity contribution in [3.05, 3.63) is 36.5 Å². The van der Waals surface area contributed by atoms with Crippen LogP contribution in [0, 0.1) is 0 Å². The average molecular weight is 1100 g/mol. The van der Waals surface area contributed by atoms with Gasteiger partial charge in [-0.1, -0.05) is 326 Å². The molecule has 78 heavy (non-hydrogen) atoms. The van der Waals surface area contributed by atoms with Crippen LogP contribution < -0.4 is 5.32 Å². The molecule has 3 N–H and O–H groups in total. The van der Waals surface area contributed by atoms with Crippen LogP contribution >= 0.6 is 0 Å². The van der Waals surface area contributed by atoms with E-state index in [9.17, 15) is 19.8 Å². The fraction of sp³-hybridized carbons (Fsp3) is 0.889. The molecule has 0 aromatic rings. The van der Waals surface area contributed by atoms with Crippen LogP contribution in [-0.2, 0) is 14.3 Å². The summed E-state index contributed by atoms with van der Waals surface area (Å²) in [7, 11) is 0. The Bertz CT molecular complexity index is 1260. The lowest BCUT2D eigenvalue weighted by molar-refractivity contribution is -0.143. The molecule has 6 heteroatoms. The predicted octanol–water partition coefficient (Wildman–Crippen LogP) is 22.7. The second-order valence-electron chi connectivity index (χ2n) is 24.2. The predicted molar refractivity (Wildman–Crippen MR) is 343 cm³/mol. The number of aliphatic hydroxyl groups is 2. The van der Waals surface area contributed by atoms with E-state index in [0.29, 0.717) is 25.9 Å². The zero-order chi connectivity index (χ0) is 56.4. The summed E-state index contributed by atoms with van der Waals surface area (Å²) in [4.78, 5) is 24.6. The zero-order valence-electron chi connectivity index (χ0n) is 52.7. The van der Waals surface area contributed by atoms with Crippen molar-refractivity contribution in [2.24, 2.45) is 0 Å². The molecule has 6 nitrogen and oxygen atoms in total. The average Bonchev–Trinajstić information content (AvgIpc) is 3.44. The highest BCUT2D eigenvalue weighted by atomic mass is 16.5. The lowest BCUT2D eigenvalue weighted by atomic mass is 10.0. The van der Waals surface area contributed by atoms with E-state index >= 15 is 0 Å². The van der Waals surface area contributed by atoms with Crippen LogP contribution in [0.25, 0.3) is 0 Å². The second-order valence-corrected chi connectivity index (χ2v) is 24.2. The molecule has 0 spiro atoms. The van der Waals surface area contributed by atoms with Crippen LogP contribution in [-0.4, -0.2) is 47.4 Å². The first-order chi connectivity index (χ1) is 38.5. The molecule has 2 unspecified atom stereocenters. The summed E-state index contributed by atoms with van der Waals surface area (Å²) < 4.78 is 5.49. The Kier molecular flexibility index (Phi) is 65.9. The van der Waals surface area contributed by atoms with Gasteiger partial charge in [0.2, 0.25) is 5.91 Å². The number of unbranched alkanes of at least 4 members (excludes halogenated alkanes) is 49. The number of allylic oxidation sites excluding steroid dienone is 6. The molecule has 0 rings (SSSR count). The third-order valence-corrected chi connectivity index (χ3v) is 16.4. The Morgan fingerprint density at radius 1 is 0.359 bits per heavy atom. The second kappa shape index (κ2) is 67.6. The van der Waals surface area contributed by atoms with Crippen molar-refractivity contribution in [2.75, 3.05) is 13.2 Å². The molecule has 460 valence electrons. The zero-order valence-corrected chi connectivity index (χ0v) is 52.7. The van der Waals surface area contributed by atoms with Crippen molar-refractivity contribution in [1.29, 1.82) is 0 Å². The number of carbonyl (C=O) groups excluding carboxylic acids is 2. The smallest absolute Gasteiger partial charge is 0.305 e. The Hall–Kier alpha value is -1.92. The van der Waals surface area contributed by atoms with Gasteiger partial charge in [0, 0.05) is 12.8 Å². The third kappa shape index (κ3) is 63.3. The van der Waals surface area contributed by atoms with E-state index in [4.69, 9.17) is 4.74 Å². The summed E-state index contributed by atoms with van der Waals surface area (Å²) in [6.45, 7) is 4.97.